The van der Waals surface area contributed by atoms with Gasteiger partial charge in [-0.2, -0.15) is 5.10 Å². The summed E-state index contributed by atoms with van der Waals surface area (Å²) in [6.45, 7) is 2.36. The van der Waals surface area contributed by atoms with Crippen molar-refractivity contribution in [3.05, 3.63) is 18.0 Å². The standard InChI is InChI=1S/C11H17F2N3/c1-15-7-9(6-14-15)8-16-4-2-10(3-5-16)11(12)13/h6-7,10-11H,2-5,8H2,1H3. The zero-order valence-electron chi connectivity index (χ0n) is 9.44. The monoisotopic (exact) mass is 229 g/mol. The molecular weight excluding hydrogens is 212 g/mol. The van der Waals surface area contributed by atoms with E-state index in [1.54, 1.807) is 4.68 Å². The number of hydrogen-bond donors (Lipinski definition) is 0. The lowest BCUT2D eigenvalue weighted by molar-refractivity contribution is 0.0336. The first kappa shape index (κ1) is 11.5. The normalized spacial score (nSPS) is 19.5. The average Bonchev–Trinajstić information content (AvgIpc) is 2.65. The Morgan fingerprint density at radius 1 is 1.44 bits per heavy atom. The second-order valence-electron chi connectivity index (χ2n) is 4.47. The van der Waals surface area contributed by atoms with Crippen molar-refractivity contribution in [3.8, 4) is 0 Å². The lowest BCUT2D eigenvalue weighted by Gasteiger charge is -2.31. The quantitative estimate of drug-likeness (QED) is 0.789. The fraction of sp³-hybridized carbons (Fsp3) is 0.727. The van der Waals surface area contributed by atoms with Gasteiger partial charge in [0.15, 0.2) is 0 Å². The Kier molecular flexibility index (Phi) is 3.53. The van der Waals surface area contributed by atoms with Gasteiger partial charge in [-0.1, -0.05) is 0 Å². The van der Waals surface area contributed by atoms with E-state index >= 15 is 0 Å². The summed E-state index contributed by atoms with van der Waals surface area (Å²) in [5.41, 5.74) is 1.15. The summed E-state index contributed by atoms with van der Waals surface area (Å²) in [7, 11) is 1.88. The number of rotatable bonds is 3. The number of nitrogens with zero attached hydrogens (tertiary/aromatic N) is 3. The molecule has 90 valence electrons. The van der Waals surface area contributed by atoms with E-state index in [-0.39, 0.29) is 0 Å². The van der Waals surface area contributed by atoms with Crippen LogP contribution < -0.4 is 0 Å². The first-order chi connectivity index (χ1) is 7.65. The molecular formula is C11H17F2N3. The van der Waals surface area contributed by atoms with Crippen LogP contribution in [0.2, 0.25) is 0 Å². The minimum absolute atomic E-state index is 0.398. The van der Waals surface area contributed by atoms with Crippen LogP contribution in [0.25, 0.3) is 0 Å². The summed E-state index contributed by atoms with van der Waals surface area (Å²) in [6, 6.07) is 0. The molecule has 0 unspecified atom stereocenters. The number of aromatic nitrogens is 2. The van der Waals surface area contributed by atoms with Crippen molar-refractivity contribution in [2.24, 2.45) is 13.0 Å². The van der Waals surface area contributed by atoms with E-state index in [9.17, 15) is 8.78 Å². The van der Waals surface area contributed by atoms with Crippen LogP contribution in [0.4, 0.5) is 8.78 Å². The van der Waals surface area contributed by atoms with Crippen molar-refractivity contribution in [1.29, 1.82) is 0 Å². The van der Waals surface area contributed by atoms with Crippen molar-refractivity contribution in [2.75, 3.05) is 13.1 Å². The number of aryl methyl sites for hydroxylation is 1. The molecule has 0 spiro atoms. The van der Waals surface area contributed by atoms with Crippen LogP contribution in [0.5, 0.6) is 0 Å². The van der Waals surface area contributed by atoms with Crippen LogP contribution in [-0.2, 0) is 13.6 Å². The molecule has 1 saturated heterocycles. The molecule has 0 atom stereocenters. The topological polar surface area (TPSA) is 21.1 Å². The molecule has 1 aliphatic rings. The number of likely N-dealkylation sites (tertiary alicyclic amines) is 1. The Balaban J connectivity index is 1.81. The van der Waals surface area contributed by atoms with Gasteiger partial charge in [-0.25, -0.2) is 8.78 Å². The van der Waals surface area contributed by atoms with Crippen molar-refractivity contribution >= 4 is 0 Å². The van der Waals surface area contributed by atoms with Gasteiger partial charge in [0.2, 0.25) is 6.43 Å². The van der Waals surface area contributed by atoms with Crippen LogP contribution in [0.15, 0.2) is 12.4 Å². The molecule has 0 radical (unpaired) electrons. The van der Waals surface area contributed by atoms with E-state index in [2.05, 4.69) is 10.00 Å². The van der Waals surface area contributed by atoms with E-state index in [1.165, 1.54) is 0 Å². The maximum absolute atomic E-state index is 12.4. The Morgan fingerprint density at radius 3 is 2.62 bits per heavy atom. The van der Waals surface area contributed by atoms with Gasteiger partial charge in [-0.15, -0.1) is 0 Å². The highest BCUT2D eigenvalue weighted by Gasteiger charge is 2.26. The highest BCUT2D eigenvalue weighted by molar-refractivity contribution is 5.03. The lowest BCUT2D eigenvalue weighted by atomic mass is 9.97. The summed E-state index contributed by atoms with van der Waals surface area (Å²) < 4.78 is 26.7. The van der Waals surface area contributed by atoms with Crippen LogP contribution >= 0.6 is 0 Å². The second-order valence-corrected chi connectivity index (χ2v) is 4.47. The van der Waals surface area contributed by atoms with Crippen LogP contribution in [0.3, 0.4) is 0 Å². The van der Waals surface area contributed by atoms with E-state index in [0.717, 1.165) is 25.2 Å². The van der Waals surface area contributed by atoms with E-state index in [4.69, 9.17) is 0 Å². The molecule has 3 nitrogen and oxygen atoms in total. The van der Waals surface area contributed by atoms with Crippen molar-refractivity contribution in [2.45, 2.75) is 25.8 Å². The fourth-order valence-electron chi connectivity index (χ4n) is 2.17. The first-order valence-electron chi connectivity index (χ1n) is 5.63. The Labute approximate surface area is 94.0 Å². The Morgan fingerprint density at radius 2 is 2.12 bits per heavy atom. The summed E-state index contributed by atoms with van der Waals surface area (Å²) in [5, 5.41) is 4.10. The van der Waals surface area contributed by atoms with Crippen molar-refractivity contribution in [1.82, 2.24) is 14.7 Å². The predicted octanol–water partition coefficient (Wildman–Crippen LogP) is 1.90. The third-order valence-electron chi connectivity index (χ3n) is 3.15. The molecule has 1 aliphatic heterocycles. The first-order valence-corrected chi connectivity index (χ1v) is 5.63. The van der Waals surface area contributed by atoms with Crippen LogP contribution in [-0.4, -0.2) is 34.2 Å². The molecule has 2 rings (SSSR count). The van der Waals surface area contributed by atoms with E-state index < -0.39 is 12.3 Å². The summed E-state index contributed by atoms with van der Waals surface area (Å²) >= 11 is 0. The highest BCUT2D eigenvalue weighted by atomic mass is 19.3. The van der Waals surface area contributed by atoms with Gasteiger partial charge in [0.1, 0.15) is 0 Å². The fourth-order valence-corrected chi connectivity index (χ4v) is 2.17. The molecule has 2 heterocycles. The highest BCUT2D eigenvalue weighted by Crippen LogP contribution is 2.24. The second kappa shape index (κ2) is 4.91. The van der Waals surface area contributed by atoms with Gasteiger partial charge in [0, 0.05) is 31.3 Å². The van der Waals surface area contributed by atoms with Crippen molar-refractivity contribution < 1.29 is 8.78 Å². The zero-order chi connectivity index (χ0) is 11.5. The number of halogens is 2. The summed E-state index contributed by atoms with van der Waals surface area (Å²) in [5.74, 6) is -0.398. The maximum Gasteiger partial charge on any atom is 0.241 e. The molecule has 16 heavy (non-hydrogen) atoms. The molecule has 0 saturated carbocycles. The number of alkyl halides is 2. The Bertz CT molecular complexity index is 330. The lowest BCUT2D eigenvalue weighted by Crippen LogP contribution is -2.35. The summed E-state index contributed by atoms with van der Waals surface area (Å²) in [4.78, 5) is 2.22. The average molecular weight is 229 g/mol. The zero-order valence-corrected chi connectivity index (χ0v) is 9.44. The molecule has 0 amide bonds. The molecule has 0 aliphatic carbocycles. The minimum atomic E-state index is -2.15. The van der Waals surface area contributed by atoms with Gasteiger partial charge < -0.3 is 0 Å². The summed E-state index contributed by atoms with van der Waals surface area (Å²) in [6.07, 6.45) is 2.87. The smallest absolute Gasteiger partial charge is 0.241 e. The molecule has 1 aromatic rings. The molecule has 0 aromatic carbocycles. The van der Waals surface area contributed by atoms with Crippen LogP contribution in [0.1, 0.15) is 18.4 Å². The molecule has 1 aromatic heterocycles. The number of hydrogen-bond acceptors (Lipinski definition) is 2. The Hall–Kier alpha value is -0.970. The van der Waals surface area contributed by atoms with E-state index in [1.807, 2.05) is 19.4 Å². The van der Waals surface area contributed by atoms with Crippen molar-refractivity contribution in [3.63, 3.8) is 0 Å². The molecule has 5 heteroatoms. The minimum Gasteiger partial charge on any atom is -0.299 e. The van der Waals surface area contributed by atoms with E-state index in [0.29, 0.717) is 12.8 Å². The molecule has 0 bridgehead atoms. The third kappa shape index (κ3) is 2.78. The SMILES string of the molecule is Cn1cc(CN2CCC(C(F)F)CC2)cn1. The largest absolute Gasteiger partial charge is 0.299 e. The van der Waals surface area contributed by atoms with Gasteiger partial charge in [0.05, 0.1) is 6.20 Å². The maximum atomic E-state index is 12.4. The molecule has 0 N–H and O–H groups in total. The third-order valence-corrected chi connectivity index (χ3v) is 3.15. The number of piperidine rings is 1. The van der Waals surface area contributed by atoms with Gasteiger partial charge >= 0.3 is 0 Å². The van der Waals surface area contributed by atoms with Gasteiger partial charge in [0.25, 0.3) is 0 Å². The predicted molar refractivity (Wildman–Crippen MR) is 57.2 cm³/mol. The van der Waals surface area contributed by atoms with Crippen LogP contribution in [0, 0.1) is 5.92 Å². The van der Waals surface area contributed by atoms with Gasteiger partial charge in [-0.3, -0.25) is 9.58 Å². The van der Waals surface area contributed by atoms with Gasteiger partial charge in [-0.05, 0) is 25.9 Å². The molecule has 1 fully saturated rings.